The maximum absolute atomic E-state index is 17.5. The number of anilines is 2. The van der Waals surface area contributed by atoms with Crippen LogP contribution in [0, 0.1) is 24.0 Å². The number of benzene rings is 3. The fraction of sp³-hybridized carbons (Fsp3) is 0.417. The molecule has 0 saturated carbocycles. The van der Waals surface area contributed by atoms with E-state index < -0.39 is 23.3 Å². The molecule has 0 spiro atoms. The number of halogens is 3. The molecule has 4 fully saturated rings. The number of nitrogens with zero attached hydrogens (tertiary/aromatic N) is 6. The Balaban J connectivity index is 1.30. The van der Waals surface area contributed by atoms with Crippen LogP contribution in [-0.4, -0.2) is 81.2 Å². The van der Waals surface area contributed by atoms with Crippen LogP contribution in [-0.2, 0) is 7.05 Å². The topological polar surface area (TPSA) is 97.4 Å². The van der Waals surface area contributed by atoms with Crippen LogP contribution in [0.5, 0.6) is 6.01 Å². The van der Waals surface area contributed by atoms with Crippen LogP contribution in [0.4, 0.5) is 24.7 Å². The molecule has 2 aromatic heterocycles. The number of nitrogens with two attached hydrogens (primary N) is 1. The predicted octanol–water partition coefficient (Wildman–Crippen LogP) is 5.07. The number of ether oxygens (including phenoxy) is 1. The Morgan fingerprint density at radius 1 is 1.17 bits per heavy atom. The van der Waals surface area contributed by atoms with Gasteiger partial charge >= 0.3 is 6.01 Å². The molecule has 9 nitrogen and oxygen atoms in total. The standard InChI is InChI=1S/C36H35F3N8O/c1-3-24-27(38)6-5-19-11-21(40)12-25(28(19)24)29-31(39)33-30(26-17-45(2)44-32(26)29)34(47-16-22-13-23(47)7-9-41-22)43-35(42-33)48-18-36-8-4-10-46(36)15-20(37)14-36/h1,5-6,11-12,17,20,22-23,41H,4,7-10,13-16,18,40H2,2H3/t20-,22-,23-,36+/m1/s1. The zero-order valence-electron chi connectivity index (χ0n) is 26.6. The molecule has 12 heteroatoms. The van der Waals surface area contributed by atoms with Gasteiger partial charge in [0.05, 0.1) is 16.5 Å². The van der Waals surface area contributed by atoms with E-state index in [1.807, 2.05) is 6.20 Å². The van der Waals surface area contributed by atoms with E-state index in [4.69, 9.17) is 32.0 Å². The van der Waals surface area contributed by atoms with E-state index in [0.29, 0.717) is 63.6 Å². The Bertz CT molecular complexity index is 2200. The number of hydrogen-bond acceptors (Lipinski definition) is 8. The summed E-state index contributed by atoms with van der Waals surface area (Å²) in [6.45, 7) is 3.01. The summed E-state index contributed by atoms with van der Waals surface area (Å²) in [6, 6.07) is 6.71. The van der Waals surface area contributed by atoms with Gasteiger partial charge in [0.2, 0.25) is 0 Å². The summed E-state index contributed by atoms with van der Waals surface area (Å²) in [5.74, 6) is 1.80. The van der Waals surface area contributed by atoms with Crippen LogP contribution in [0.2, 0.25) is 0 Å². The second-order valence-electron chi connectivity index (χ2n) is 13.9. The van der Waals surface area contributed by atoms with Gasteiger partial charge in [-0.2, -0.15) is 15.1 Å². The zero-order chi connectivity index (χ0) is 32.9. The third-order valence-corrected chi connectivity index (χ3v) is 11.0. The highest BCUT2D eigenvalue weighted by atomic mass is 19.1. The van der Waals surface area contributed by atoms with Gasteiger partial charge in [-0.3, -0.25) is 9.58 Å². The Labute approximate surface area is 275 Å². The molecule has 2 bridgehead atoms. The summed E-state index contributed by atoms with van der Waals surface area (Å²) in [4.78, 5) is 14.1. The fourth-order valence-corrected chi connectivity index (χ4v) is 8.93. The number of rotatable bonds is 5. The highest BCUT2D eigenvalue weighted by molar-refractivity contribution is 6.18. The SMILES string of the molecule is C#Cc1c(F)ccc2cc(N)cc(-c3c(F)c4nc(OC[C@@]56CCCN5C[C@H](F)C6)nc(N5C[C@H]6C[C@H]5CCN6)c4c4cn(C)nc34)c12. The van der Waals surface area contributed by atoms with Crippen molar-refractivity contribution < 1.29 is 17.9 Å². The average molecular weight is 653 g/mol. The van der Waals surface area contributed by atoms with Crippen LogP contribution in [0.3, 0.4) is 0 Å². The van der Waals surface area contributed by atoms with Crippen molar-refractivity contribution >= 4 is 44.1 Å². The summed E-state index contributed by atoms with van der Waals surface area (Å²) in [5, 5.41) is 10.4. The molecule has 3 N–H and O–H groups in total. The second kappa shape index (κ2) is 10.7. The number of alkyl halides is 1. The Kier molecular flexibility index (Phi) is 6.59. The third kappa shape index (κ3) is 4.37. The molecule has 4 saturated heterocycles. The molecular formula is C36H35F3N8O. The maximum Gasteiger partial charge on any atom is 0.319 e. The van der Waals surface area contributed by atoms with E-state index in [1.54, 1.807) is 29.9 Å². The van der Waals surface area contributed by atoms with Gasteiger partial charge in [0.15, 0.2) is 5.82 Å². The minimum absolute atomic E-state index is 0.0124. The summed E-state index contributed by atoms with van der Waals surface area (Å²) < 4.78 is 55.3. The normalized spacial score (nSPS) is 25.4. The van der Waals surface area contributed by atoms with Gasteiger partial charge in [0, 0.05) is 66.9 Å². The maximum atomic E-state index is 17.5. The van der Waals surface area contributed by atoms with Crippen molar-refractivity contribution in [2.45, 2.75) is 55.9 Å². The molecule has 5 aromatic rings. The molecule has 4 atom stereocenters. The Hall–Kier alpha value is -4.60. The number of nitrogen functional groups attached to an aromatic ring is 1. The average Bonchev–Trinajstić information content (AvgIpc) is 3.80. The van der Waals surface area contributed by atoms with E-state index in [1.165, 1.54) is 6.07 Å². The quantitative estimate of drug-likeness (QED) is 0.201. The van der Waals surface area contributed by atoms with Gasteiger partial charge in [-0.15, -0.1) is 6.42 Å². The van der Waals surface area contributed by atoms with Gasteiger partial charge < -0.3 is 20.7 Å². The molecule has 0 amide bonds. The van der Waals surface area contributed by atoms with Crippen LogP contribution in [0.1, 0.15) is 37.7 Å². The highest BCUT2D eigenvalue weighted by Crippen LogP contribution is 2.46. The molecule has 0 aliphatic carbocycles. The van der Waals surface area contributed by atoms with Crippen LogP contribution >= 0.6 is 0 Å². The Morgan fingerprint density at radius 3 is 2.88 bits per heavy atom. The highest BCUT2D eigenvalue weighted by Gasteiger charge is 2.49. The zero-order valence-corrected chi connectivity index (χ0v) is 26.6. The molecule has 4 aliphatic heterocycles. The largest absolute Gasteiger partial charge is 0.461 e. The third-order valence-electron chi connectivity index (χ3n) is 11.0. The monoisotopic (exact) mass is 652 g/mol. The number of terminal acetylenes is 1. The van der Waals surface area contributed by atoms with Crippen molar-refractivity contribution in [3.8, 4) is 29.5 Å². The van der Waals surface area contributed by atoms with E-state index >= 15 is 8.78 Å². The van der Waals surface area contributed by atoms with E-state index in [2.05, 4.69) is 21.0 Å². The van der Waals surface area contributed by atoms with E-state index in [-0.39, 0.29) is 41.3 Å². The molecule has 48 heavy (non-hydrogen) atoms. The van der Waals surface area contributed by atoms with Crippen molar-refractivity contribution in [3.05, 3.63) is 47.7 Å². The summed E-state index contributed by atoms with van der Waals surface area (Å²) >= 11 is 0. The van der Waals surface area contributed by atoms with Crippen LogP contribution in [0.15, 0.2) is 30.5 Å². The van der Waals surface area contributed by atoms with Crippen molar-refractivity contribution in [3.63, 3.8) is 0 Å². The lowest BCUT2D eigenvalue weighted by molar-refractivity contribution is 0.107. The van der Waals surface area contributed by atoms with Crippen molar-refractivity contribution in [1.29, 1.82) is 0 Å². The minimum Gasteiger partial charge on any atom is -0.461 e. The van der Waals surface area contributed by atoms with Crippen molar-refractivity contribution in [1.82, 2.24) is 30.0 Å². The number of fused-ring (bicyclic) bond motifs is 7. The number of aromatic nitrogens is 4. The second-order valence-corrected chi connectivity index (χ2v) is 13.9. The van der Waals surface area contributed by atoms with Crippen molar-refractivity contribution in [2.75, 3.05) is 43.4 Å². The first-order valence-corrected chi connectivity index (χ1v) is 16.6. The molecule has 0 unspecified atom stereocenters. The molecule has 0 radical (unpaired) electrons. The van der Waals surface area contributed by atoms with Crippen LogP contribution < -0.4 is 20.7 Å². The smallest absolute Gasteiger partial charge is 0.319 e. The lowest BCUT2D eigenvalue weighted by Crippen LogP contribution is -2.43. The van der Waals surface area contributed by atoms with Crippen molar-refractivity contribution in [2.24, 2.45) is 7.05 Å². The number of aryl methyl sites for hydroxylation is 1. The van der Waals surface area contributed by atoms with E-state index in [9.17, 15) is 4.39 Å². The number of hydrogen-bond donors (Lipinski definition) is 2. The molecule has 9 rings (SSSR count). The lowest BCUT2D eigenvalue weighted by Gasteiger charge is -2.31. The molecule has 3 aromatic carbocycles. The molecule has 4 aliphatic rings. The minimum atomic E-state index is -0.914. The lowest BCUT2D eigenvalue weighted by atomic mass is 9.91. The van der Waals surface area contributed by atoms with Gasteiger partial charge in [0.1, 0.15) is 35.4 Å². The van der Waals surface area contributed by atoms with Gasteiger partial charge in [-0.25, -0.2) is 13.2 Å². The Morgan fingerprint density at radius 2 is 2.04 bits per heavy atom. The predicted molar refractivity (Wildman–Crippen MR) is 180 cm³/mol. The first-order valence-electron chi connectivity index (χ1n) is 16.6. The first kappa shape index (κ1) is 29.5. The molecule has 6 heterocycles. The molecule has 246 valence electrons. The van der Waals surface area contributed by atoms with E-state index in [0.717, 1.165) is 38.8 Å². The number of nitrogens with one attached hydrogen (secondary N) is 1. The first-order chi connectivity index (χ1) is 23.2. The van der Waals surface area contributed by atoms with Gasteiger partial charge in [-0.05, 0) is 67.9 Å². The van der Waals surface area contributed by atoms with Gasteiger partial charge in [0.25, 0.3) is 0 Å². The number of piperidine rings is 1. The summed E-state index contributed by atoms with van der Waals surface area (Å²) in [5.41, 5.74) is 7.16. The summed E-state index contributed by atoms with van der Waals surface area (Å²) in [7, 11) is 1.77. The fourth-order valence-electron chi connectivity index (χ4n) is 8.93. The molecular weight excluding hydrogens is 617 g/mol. The van der Waals surface area contributed by atoms with Gasteiger partial charge in [-0.1, -0.05) is 12.0 Å². The van der Waals surface area contributed by atoms with Crippen LogP contribution in [0.25, 0.3) is 43.7 Å². The summed E-state index contributed by atoms with van der Waals surface area (Å²) in [6.07, 6.45) is 10.8.